The van der Waals surface area contributed by atoms with E-state index in [1.807, 2.05) is 10.8 Å². The van der Waals surface area contributed by atoms with Crippen molar-refractivity contribution in [2.45, 2.75) is 44.2 Å². The minimum absolute atomic E-state index is 0.235. The van der Waals surface area contributed by atoms with E-state index in [9.17, 15) is 13.5 Å². The molecule has 1 unspecified atom stereocenters. The van der Waals surface area contributed by atoms with E-state index in [1.54, 1.807) is 0 Å². The van der Waals surface area contributed by atoms with Crippen LogP contribution in [0.5, 0.6) is 0 Å². The Morgan fingerprint density at radius 1 is 1.28 bits per heavy atom. The fraction of sp³-hybridized carbons (Fsp3) is 0.750. The maximum absolute atomic E-state index is 11.4. The van der Waals surface area contributed by atoms with Crippen LogP contribution in [0.25, 0.3) is 0 Å². The van der Waals surface area contributed by atoms with Crippen molar-refractivity contribution in [1.82, 2.24) is 9.55 Å². The van der Waals surface area contributed by atoms with Gasteiger partial charge in [0.2, 0.25) is 0 Å². The Morgan fingerprint density at radius 3 is 2.67 bits per heavy atom. The van der Waals surface area contributed by atoms with Gasteiger partial charge in [0.1, 0.15) is 21.8 Å². The highest BCUT2D eigenvalue weighted by Crippen LogP contribution is 2.31. The third kappa shape index (κ3) is 2.19. The van der Waals surface area contributed by atoms with Crippen LogP contribution in [0.2, 0.25) is 0 Å². The van der Waals surface area contributed by atoms with Crippen molar-refractivity contribution in [3.63, 3.8) is 0 Å². The number of sulfone groups is 1. The van der Waals surface area contributed by atoms with E-state index in [0.717, 1.165) is 30.9 Å². The van der Waals surface area contributed by atoms with Crippen molar-refractivity contribution in [2.24, 2.45) is 0 Å². The van der Waals surface area contributed by atoms with Crippen LogP contribution in [0.15, 0.2) is 6.20 Å². The Labute approximate surface area is 107 Å². The Bertz CT molecular complexity index is 536. The first-order valence-corrected chi connectivity index (χ1v) is 8.33. The molecule has 5 nitrogen and oxygen atoms in total. The normalized spacial score (nSPS) is 27.9. The standard InChI is InChI=1S/C12H18N2O3S/c15-11-2-1-5-14-8-10(13-12(11)14)9-3-6-18(16,17)7-4-9/h8-9,11,15H,1-7H2. The number of hydrogen-bond donors (Lipinski definition) is 1. The molecule has 18 heavy (non-hydrogen) atoms. The summed E-state index contributed by atoms with van der Waals surface area (Å²) in [5.74, 6) is 1.52. The van der Waals surface area contributed by atoms with Crippen LogP contribution >= 0.6 is 0 Å². The van der Waals surface area contributed by atoms with Crippen molar-refractivity contribution in [2.75, 3.05) is 11.5 Å². The van der Waals surface area contributed by atoms with Gasteiger partial charge in [0.05, 0.1) is 17.2 Å². The molecule has 0 bridgehead atoms. The van der Waals surface area contributed by atoms with Gasteiger partial charge in [0.15, 0.2) is 0 Å². The van der Waals surface area contributed by atoms with Gasteiger partial charge in [0, 0.05) is 18.7 Å². The van der Waals surface area contributed by atoms with Gasteiger partial charge in [-0.25, -0.2) is 13.4 Å². The minimum Gasteiger partial charge on any atom is -0.385 e. The molecular weight excluding hydrogens is 252 g/mol. The van der Waals surface area contributed by atoms with Crippen LogP contribution in [0.3, 0.4) is 0 Å². The van der Waals surface area contributed by atoms with Crippen LogP contribution in [0.1, 0.15) is 49.2 Å². The molecule has 1 aromatic rings. The molecule has 1 N–H and O–H groups in total. The molecule has 0 amide bonds. The number of aromatic nitrogens is 2. The minimum atomic E-state index is -2.82. The van der Waals surface area contributed by atoms with Crippen LogP contribution in [0, 0.1) is 0 Å². The van der Waals surface area contributed by atoms with Crippen molar-refractivity contribution in [3.05, 3.63) is 17.7 Å². The van der Waals surface area contributed by atoms with Crippen LogP contribution in [-0.2, 0) is 16.4 Å². The molecule has 1 atom stereocenters. The summed E-state index contributed by atoms with van der Waals surface area (Å²) < 4.78 is 24.8. The topological polar surface area (TPSA) is 72.2 Å². The van der Waals surface area contributed by atoms with E-state index >= 15 is 0 Å². The molecule has 0 aliphatic carbocycles. The molecule has 1 saturated heterocycles. The predicted molar refractivity (Wildman–Crippen MR) is 67.0 cm³/mol. The second-order valence-corrected chi connectivity index (χ2v) is 7.61. The van der Waals surface area contributed by atoms with E-state index in [2.05, 4.69) is 4.98 Å². The van der Waals surface area contributed by atoms with E-state index in [1.165, 1.54) is 0 Å². The molecule has 0 saturated carbocycles. The van der Waals surface area contributed by atoms with Crippen molar-refractivity contribution < 1.29 is 13.5 Å². The fourth-order valence-electron chi connectivity index (χ4n) is 2.86. The SMILES string of the molecule is O=S1(=O)CCC(c2cn3c(n2)C(O)CCC3)CC1. The third-order valence-corrected chi connectivity index (χ3v) is 5.69. The zero-order valence-electron chi connectivity index (χ0n) is 10.2. The van der Waals surface area contributed by atoms with E-state index < -0.39 is 15.9 Å². The van der Waals surface area contributed by atoms with Crippen molar-refractivity contribution in [1.29, 1.82) is 0 Å². The first kappa shape index (κ1) is 12.2. The molecule has 2 aliphatic rings. The summed E-state index contributed by atoms with van der Waals surface area (Å²) in [6, 6.07) is 0. The summed E-state index contributed by atoms with van der Waals surface area (Å²) >= 11 is 0. The molecule has 3 rings (SSSR count). The largest absolute Gasteiger partial charge is 0.385 e. The Hall–Kier alpha value is -0.880. The van der Waals surface area contributed by atoms with Crippen molar-refractivity contribution in [3.8, 4) is 0 Å². The van der Waals surface area contributed by atoms with Gasteiger partial charge in [-0.15, -0.1) is 0 Å². The molecule has 0 aromatic carbocycles. The molecule has 1 fully saturated rings. The second-order valence-electron chi connectivity index (χ2n) is 5.30. The van der Waals surface area contributed by atoms with Crippen LogP contribution in [0.4, 0.5) is 0 Å². The zero-order valence-corrected chi connectivity index (χ0v) is 11.1. The van der Waals surface area contributed by atoms with Gasteiger partial charge in [-0.3, -0.25) is 0 Å². The van der Waals surface area contributed by atoms with Gasteiger partial charge in [-0.2, -0.15) is 0 Å². The van der Waals surface area contributed by atoms with Crippen molar-refractivity contribution >= 4 is 9.84 Å². The monoisotopic (exact) mass is 270 g/mol. The molecule has 1 aromatic heterocycles. The molecule has 0 spiro atoms. The predicted octanol–water partition coefficient (Wildman–Crippen LogP) is 1.00. The number of nitrogens with zero attached hydrogens (tertiary/aromatic N) is 2. The molecule has 6 heteroatoms. The number of hydrogen-bond acceptors (Lipinski definition) is 4. The lowest BCUT2D eigenvalue weighted by atomic mass is 10.00. The molecule has 3 heterocycles. The number of fused-ring (bicyclic) bond motifs is 1. The quantitative estimate of drug-likeness (QED) is 0.826. The van der Waals surface area contributed by atoms with Gasteiger partial charge < -0.3 is 9.67 Å². The smallest absolute Gasteiger partial charge is 0.150 e. The first-order valence-electron chi connectivity index (χ1n) is 6.50. The molecule has 2 aliphatic heterocycles. The molecule has 100 valence electrons. The van der Waals surface area contributed by atoms with Gasteiger partial charge >= 0.3 is 0 Å². The van der Waals surface area contributed by atoms with E-state index in [0.29, 0.717) is 12.8 Å². The van der Waals surface area contributed by atoms with Crippen LogP contribution in [-0.4, -0.2) is 34.6 Å². The summed E-state index contributed by atoms with van der Waals surface area (Å²) in [4.78, 5) is 4.52. The summed E-state index contributed by atoms with van der Waals surface area (Å²) in [7, 11) is -2.82. The van der Waals surface area contributed by atoms with Gasteiger partial charge in [-0.1, -0.05) is 0 Å². The Kier molecular flexibility index (Phi) is 2.94. The maximum Gasteiger partial charge on any atom is 0.150 e. The highest BCUT2D eigenvalue weighted by Gasteiger charge is 2.28. The fourth-order valence-corrected chi connectivity index (χ4v) is 4.35. The molecule has 0 radical (unpaired) electrons. The van der Waals surface area contributed by atoms with E-state index in [-0.39, 0.29) is 17.4 Å². The van der Waals surface area contributed by atoms with Crippen LogP contribution < -0.4 is 0 Å². The van der Waals surface area contributed by atoms with Gasteiger partial charge in [0.25, 0.3) is 0 Å². The number of rotatable bonds is 1. The Morgan fingerprint density at radius 2 is 2.00 bits per heavy atom. The lowest BCUT2D eigenvalue weighted by Gasteiger charge is -2.19. The third-order valence-electron chi connectivity index (χ3n) is 3.97. The average molecular weight is 270 g/mol. The molecular formula is C12H18N2O3S. The second kappa shape index (κ2) is 4.35. The number of aliphatic hydroxyl groups excluding tert-OH is 1. The number of aliphatic hydroxyl groups is 1. The summed E-state index contributed by atoms with van der Waals surface area (Å²) in [5, 5.41) is 9.88. The zero-order chi connectivity index (χ0) is 12.8. The average Bonchev–Trinajstić information content (AvgIpc) is 2.74. The number of imidazole rings is 1. The van der Waals surface area contributed by atoms with E-state index in [4.69, 9.17) is 0 Å². The lowest BCUT2D eigenvalue weighted by Crippen LogP contribution is -2.22. The Balaban J connectivity index is 1.82. The highest BCUT2D eigenvalue weighted by molar-refractivity contribution is 7.91. The van der Waals surface area contributed by atoms with Gasteiger partial charge in [-0.05, 0) is 25.7 Å². The maximum atomic E-state index is 11.4. The highest BCUT2D eigenvalue weighted by atomic mass is 32.2. The first-order chi connectivity index (χ1) is 8.55. The number of aryl methyl sites for hydroxylation is 1. The lowest BCUT2D eigenvalue weighted by molar-refractivity contribution is 0.133. The summed E-state index contributed by atoms with van der Waals surface area (Å²) in [5.41, 5.74) is 0.959. The summed E-state index contributed by atoms with van der Waals surface area (Å²) in [6.45, 7) is 0.907. The summed E-state index contributed by atoms with van der Waals surface area (Å²) in [6.07, 6.45) is 4.61.